The third-order valence-corrected chi connectivity index (χ3v) is 8.10. The lowest BCUT2D eigenvalue weighted by molar-refractivity contribution is 0.0617. The average molecular weight is 525 g/mol. The summed E-state index contributed by atoms with van der Waals surface area (Å²) in [5, 5.41) is 7.35. The van der Waals surface area contributed by atoms with Gasteiger partial charge < -0.3 is 15.4 Å². The standard InChI is InChI=1S/C21H40N4OS.HI/c1-22-19(23-17-20(7-6-8-20)11-14-26-2)24-18-21(9-4-3-5-10-21)25-12-15-27-16-13-25;/h3-18H2,1-2H3,(H2,22,23,24);1H. The maximum Gasteiger partial charge on any atom is 0.191 e. The van der Waals surface area contributed by atoms with Crippen molar-refractivity contribution in [1.82, 2.24) is 15.5 Å². The maximum absolute atomic E-state index is 5.33. The molecule has 3 fully saturated rings. The van der Waals surface area contributed by atoms with Crippen molar-refractivity contribution in [3.8, 4) is 0 Å². The van der Waals surface area contributed by atoms with Crippen LogP contribution in [0.1, 0.15) is 57.8 Å². The molecule has 0 aromatic rings. The van der Waals surface area contributed by atoms with Crippen LogP contribution in [-0.4, -0.2) is 74.8 Å². The van der Waals surface area contributed by atoms with Crippen molar-refractivity contribution >= 4 is 41.7 Å². The zero-order valence-corrected chi connectivity index (χ0v) is 21.1. The zero-order chi connectivity index (χ0) is 19.0. The Balaban J connectivity index is 0.00000280. The van der Waals surface area contributed by atoms with Gasteiger partial charge in [-0.2, -0.15) is 11.8 Å². The van der Waals surface area contributed by atoms with Crippen LogP contribution in [0.15, 0.2) is 4.99 Å². The number of thioether (sulfide) groups is 1. The monoisotopic (exact) mass is 524 g/mol. The van der Waals surface area contributed by atoms with Gasteiger partial charge >= 0.3 is 0 Å². The molecule has 3 aliphatic rings. The molecule has 7 heteroatoms. The van der Waals surface area contributed by atoms with E-state index in [1.54, 1.807) is 0 Å². The normalized spacial score (nSPS) is 24.7. The molecule has 2 saturated carbocycles. The minimum absolute atomic E-state index is 0. The van der Waals surface area contributed by atoms with Crippen LogP contribution in [0.2, 0.25) is 0 Å². The molecule has 28 heavy (non-hydrogen) atoms. The predicted molar refractivity (Wildman–Crippen MR) is 132 cm³/mol. The Morgan fingerprint density at radius 2 is 1.68 bits per heavy atom. The number of aliphatic imine (C=N–C) groups is 1. The van der Waals surface area contributed by atoms with Gasteiger partial charge in [0.25, 0.3) is 0 Å². The van der Waals surface area contributed by atoms with Gasteiger partial charge in [-0.05, 0) is 37.5 Å². The smallest absolute Gasteiger partial charge is 0.191 e. The molecule has 0 unspecified atom stereocenters. The van der Waals surface area contributed by atoms with Crippen molar-refractivity contribution in [2.24, 2.45) is 10.4 Å². The van der Waals surface area contributed by atoms with Gasteiger partial charge in [0.05, 0.1) is 0 Å². The Morgan fingerprint density at radius 3 is 2.25 bits per heavy atom. The number of guanidine groups is 1. The van der Waals surface area contributed by atoms with Gasteiger partial charge in [-0.25, -0.2) is 0 Å². The topological polar surface area (TPSA) is 48.9 Å². The van der Waals surface area contributed by atoms with E-state index in [2.05, 4.69) is 32.3 Å². The molecular formula is C21H41IN4OS. The van der Waals surface area contributed by atoms with Crippen LogP contribution in [0.5, 0.6) is 0 Å². The summed E-state index contributed by atoms with van der Waals surface area (Å²) < 4.78 is 5.33. The van der Waals surface area contributed by atoms with Crippen LogP contribution in [0.25, 0.3) is 0 Å². The average Bonchev–Trinajstić information content (AvgIpc) is 2.70. The molecule has 5 nitrogen and oxygen atoms in total. The number of hydrogen-bond acceptors (Lipinski definition) is 4. The van der Waals surface area contributed by atoms with Crippen molar-refractivity contribution in [2.45, 2.75) is 63.3 Å². The SMILES string of the molecule is CN=C(NCC1(CCOC)CCC1)NCC1(N2CCSCC2)CCCCC1.I. The van der Waals surface area contributed by atoms with E-state index in [1.165, 1.54) is 76.0 Å². The Morgan fingerprint density at radius 1 is 1.00 bits per heavy atom. The minimum atomic E-state index is 0. The fraction of sp³-hybridized carbons (Fsp3) is 0.952. The Kier molecular flexibility index (Phi) is 10.7. The van der Waals surface area contributed by atoms with E-state index >= 15 is 0 Å². The molecular weight excluding hydrogens is 483 g/mol. The summed E-state index contributed by atoms with van der Waals surface area (Å²) in [7, 11) is 3.71. The van der Waals surface area contributed by atoms with E-state index in [4.69, 9.17) is 4.74 Å². The van der Waals surface area contributed by atoms with E-state index in [0.29, 0.717) is 11.0 Å². The highest BCUT2D eigenvalue weighted by atomic mass is 127. The molecule has 0 aromatic carbocycles. The van der Waals surface area contributed by atoms with Crippen LogP contribution >= 0.6 is 35.7 Å². The van der Waals surface area contributed by atoms with E-state index in [1.807, 2.05) is 14.2 Å². The minimum Gasteiger partial charge on any atom is -0.385 e. The number of ether oxygens (including phenoxy) is 1. The van der Waals surface area contributed by atoms with Crippen LogP contribution in [0.3, 0.4) is 0 Å². The maximum atomic E-state index is 5.33. The van der Waals surface area contributed by atoms with Crippen molar-refractivity contribution < 1.29 is 4.74 Å². The second-order valence-corrected chi connectivity index (χ2v) is 9.98. The number of rotatable bonds is 8. The molecule has 0 atom stereocenters. The fourth-order valence-electron chi connectivity index (χ4n) is 5.10. The number of nitrogens with one attached hydrogen (secondary N) is 2. The van der Waals surface area contributed by atoms with Crippen molar-refractivity contribution in [3.63, 3.8) is 0 Å². The summed E-state index contributed by atoms with van der Waals surface area (Å²) in [5.74, 6) is 3.56. The second kappa shape index (κ2) is 12.2. The Labute approximate surface area is 193 Å². The number of hydrogen-bond donors (Lipinski definition) is 2. The van der Waals surface area contributed by atoms with Crippen molar-refractivity contribution in [3.05, 3.63) is 0 Å². The first kappa shape index (κ1) is 24.5. The van der Waals surface area contributed by atoms with Crippen LogP contribution in [-0.2, 0) is 4.74 Å². The molecule has 0 bridgehead atoms. The summed E-state index contributed by atoms with van der Waals surface area (Å²) in [6, 6.07) is 0. The first-order valence-electron chi connectivity index (χ1n) is 11.0. The number of halogens is 1. The van der Waals surface area contributed by atoms with Crippen molar-refractivity contribution in [2.75, 3.05) is 58.4 Å². The molecule has 0 aromatic heterocycles. The van der Waals surface area contributed by atoms with Gasteiger partial charge in [-0.15, -0.1) is 24.0 Å². The highest BCUT2D eigenvalue weighted by Crippen LogP contribution is 2.43. The zero-order valence-electron chi connectivity index (χ0n) is 17.9. The highest BCUT2D eigenvalue weighted by Gasteiger charge is 2.39. The lowest BCUT2D eigenvalue weighted by Crippen LogP contribution is -2.60. The lowest BCUT2D eigenvalue weighted by Gasteiger charge is -2.48. The third-order valence-electron chi connectivity index (χ3n) is 7.16. The largest absolute Gasteiger partial charge is 0.385 e. The van der Waals surface area contributed by atoms with E-state index in [0.717, 1.165) is 32.1 Å². The molecule has 1 saturated heterocycles. The van der Waals surface area contributed by atoms with Crippen LogP contribution < -0.4 is 10.6 Å². The van der Waals surface area contributed by atoms with Gasteiger partial charge in [0.2, 0.25) is 0 Å². The van der Waals surface area contributed by atoms with E-state index in [9.17, 15) is 0 Å². The molecule has 0 radical (unpaired) electrons. The second-order valence-electron chi connectivity index (χ2n) is 8.76. The van der Waals surface area contributed by atoms with E-state index < -0.39 is 0 Å². The predicted octanol–water partition coefficient (Wildman–Crippen LogP) is 3.73. The van der Waals surface area contributed by atoms with Gasteiger partial charge in [-0.1, -0.05) is 25.7 Å². The molecule has 164 valence electrons. The molecule has 3 rings (SSSR count). The summed E-state index contributed by atoms with van der Waals surface area (Å²) in [6.07, 6.45) is 12.0. The first-order valence-corrected chi connectivity index (χ1v) is 12.1. The first-order chi connectivity index (χ1) is 13.2. The molecule has 2 aliphatic carbocycles. The van der Waals surface area contributed by atoms with Gasteiger partial charge in [-0.3, -0.25) is 9.89 Å². The van der Waals surface area contributed by atoms with Crippen LogP contribution in [0, 0.1) is 5.41 Å². The quantitative estimate of drug-likeness (QED) is 0.288. The number of nitrogens with zero attached hydrogens (tertiary/aromatic N) is 2. The van der Waals surface area contributed by atoms with Gasteiger partial charge in [0, 0.05) is 64.0 Å². The molecule has 0 spiro atoms. The fourth-order valence-corrected chi connectivity index (χ4v) is 6.01. The Bertz CT molecular complexity index is 475. The molecule has 2 N–H and O–H groups in total. The van der Waals surface area contributed by atoms with Crippen molar-refractivity contribution in [1.29, 1.82) is 0 Å². The summed E-state index contributed by atoms with van der Waals surface area (Å²) >= 11 is 2.11. The number of methoxy groups -OCH3 is 1. The lowest BCUT2D eigenvalue weighted by atomic mass is 9.67. The van der Waals surface area contributed by atoms with E-state index in [-0.39, 0.29) is 24.0 Å². The highest BCUT2D eigenvalue weighted by molar-refractivity contribution is 14.0. The summed E-state index contributed by atoms with van der Waals surface area (Å²) in [4.78, 5) is 7.32. The summed E-state index contributed by atoms with van der Waals surface area (Å²) in [6.45, 7) is 5.41. The molecule has 0 amide bonds. The summed E-state index contributed by atoms with van der Waals surface area (Å²) in [5.41, 5.74) is 0.751. The van der Waals surface area contributed by atoms with Crippen LogP contribution in [0.4, 0.5) is 0 Å². The molecule has 1 aliphatic heterocycles. The third kappa shape index (κ3) is 6.38. The Hall–Kier alpha value is 0.270. The molecule has 1 heterocycles. The van der Waals surface area contributed by atoms with Gasteiger partial charge in [0.15, 0.2) is 5.96 Å². The van der Waals surface area contributed by atoms with Gasteiger partial charge in [0.1, 0.15) is 0 Å².